The number of hydrogen-bond donors (Lipinski definition) is 1. The summed E-state index contributed by atoms with van der Waals surface area (Å²) >= 11 is 6.34. The molecule has 3 atom stereocenters. The number of rotatable bonds is 3. The highest BCUT2D eigenvalue weighted by Crippen LogP contribution is 2.37. The molecule has 25 heavy (non-hydrogen) atoms. The summed E-state index contributed by atoms with van der Waals surface area (Å²) in [5.74, 6) is -0.187. The van der Waals surface area contributed by atoms with E-state index in [1.165, 1.54) is 0 Å². The molecule has 0 aliphatic carbocycles. The van der Waals surface area contributed by atoms with Gasteiger partial charge in [-0.15, -0.1) is 0 Å². The third kappa shape index (κ3) is 2.75. The van der Waals surface area contributed by atoms with E-state index in [0.717, 1.165) is 30.5 Å². The lowest BCUT2D eigenvalue weighted by molar-refractivity contribution is 0.0928. The summed E-state index contributed by atoms with van der Waals surface area (Å²) in [6.45, 7) is 0. The van der Waals surface area contributed by atoms with Gasteiger partial charge in [-0.25, -0.2) is 0 Å². The molecule has 4 rings (SSSR count). The van der Waals surface area contributed by atoms with E-state index in [1.54, 1.807) is 16.8 Å². The summed E-state index contributed by atoms with van der Waals surface area (Å²) in [5.41, 5.74) is 2.14. The van der Waals surface area contributed by atoms with E-state index < -0.39 is 0 Å². The molecule has 0 radical (unpaired) electrons. The molecule has 1 aromatic carbocycles. The second-order valence-electron chi connectivity index (χ2n) is 6.69. The predicted molar refractivity (Wildman–Crippen MR) is 93.8 cm³/mol. The van der Waals surface area contributed by atoms with E-state index in [4.69, 9.17) is 11.6 Å². The summed E-state index contributed by atoms with van der Waals surface area (Å²) in [6, 6.07) is 7.64. The number of aryl methyl sites for hydroxylation is 1. The van der Waals surface area contributed by atoms with Crippen molar-refractivity contribution in [2.24, 2.45) is 7.05 Å². The number of nitrogens with one attached hydrogen (secondary N) is 1. The average molecular weight is 356 g/mol. The zero-order chi connectivity index (χ0) is 17.6. The molecule has 7 heteroatoms. The lowest BCUT2D eigenvalue weighted by atomic mass is 9.95. The minimum atomic E-state index is -0.187. The van der Waals surface area contributed by atoms with E-state index >= 15 is 0 Å². The summed E-state index contributed by atoms with van der Waals surface area (Å²) in [6.07, 6.45) is 6.93. The number of nitriles is 1. The van der Waals surface area contributed by atoms with Crippen LogP contribution in [-0.2, 0) is 7.05 Å². The van der Waals surface area contributed by atoms with Crippen LogP contribution in [0.15, 0.2) is 30.5 Å². The van der Waals surface area contributed by atoms with E-state index in [9.17, 15) is 10.1 Å². The van der Waals surface area contributed by atoms with Crippen molar-refractivity contribution in [3.05, 3.63) is 41.0 Å². The molecule has 3 heterocycles. The first-order valence-electron chi connectivity index (χ1n) is 8.35. The van der Waals surface area contributed by atoms with Gasteiger partial charge in [0.2, 0.25) is 0 Å². The monoisotopic (exact) mass is 355 g/mol. The maximum absolute atomic E-state index is 12.6. The molecule has 6 nitrogen and oxygen atoms in total. The normalized spacial score (nSPS) is 24.4. The highest BCUT2D eigenvalue weighted by Gasteiger charge is 2.46. The van der Waals surface area contributed by atoms with E-state index in [0.29, 0.717) is 10.6 Å². The molecule has 0 saturated carbocycles. The minimum Gasteiger partial charge on any atom is -0.347 e. The number of nitrogens with zero attached hydrogens (tertiary/aromatic N) is 4. The first-order chi connectivity index (χ1) is 12.1. The molecule has 1 amide bonds. The Kier molecular flexibility index (Phi) is 3.89. The summed E-state index contributed by atoms with van der Waals surface area (Å²) in [4.78, 5) is 14.5. The van der Waals surface area contributed by atoms with Crippen molar-refractivity contribution in [1.82, 2.24) is 20.0 Å². The number of aromatic nitrogens is 2. The molecular formula is C18H18ClN5O. The van der Waals surface area contributed by atoms with Crippen LogP contribution in [0, 0.1) is 11.5 Å². The van der Waals surface area contributed by atoms with Crippen molar-refractivity contribution in [2.75, 3.05) is 0 Å². The van der Waals surface area contributed by atoms with Gasteiger partial charge in [0, 0.05) is 24.8 Å². The number of amides is 1. The Labute approximate surface area is 151 Å². The zero-order valence-corrected chi connectivity index (χ0v) is 14.6. The second kappa shape index (κ2) is 6.08. The first-order valence-corrected chi connectivity index (χ1v) is 8.73. The molecule has 0 spiro atoms. The molecule has 1 aromatic heterocycles. The number of carbonyl (C=O) groups is 1. The quantitative estimate of drug-likeness (QED) is 0.859. The first kappa shape index (κ1) is 16.0. The SMILES string of the molecule is Cn1ccc(-c2ccc(C(=O)N[C@@H]3C[C@@H]4CC[C@H]3N4C#N)c(Cl)c2)n1. The Morgan fingerprint density at radius 2 is 2.24 bits per heavy atom. The number of halogens is 1. The standard InChI is InChI=1S/C18H18ClN5O/c1-23-7-6-15(22-23)11-2-4-13(14(19)8-11)18(25)21-16-9-12-3-5-17(16)24(12)10-20/h2,4,6-8,12,16-17H,3,5,9H2,1H3,(H,21,25)/t12-,16+,17+/m0/s1. The van der Waals surface area contributed by atoms with Crippen LogP contribution in [0.1, 0.15) is 29.6 Å². The minimum absolute atomic E-state index is 0.0115. The van der Waals surface area contributed by atoms with Crippen LogP contribution >= 0.6 is 11.6 Å². The fraction of sp³-hybridized carbons (Fsp3) is 0.389. The van der Waals surface area contributed by atoms with E-state index in [2.05, 4.69) is 16.6 Å². The van der Waals surface area contributed by atoms with Crippen molar-refractivity contribution >= 4 is 17.5 Å². The van der Waals surface area contributed by atoms with Gasteiger partial charge in [0.1, 0.15) is 0 Å². The van der Waals surface area contributed by atoms with Gasteiger partial charge in [-0.3, -0.25) is 9.48 Å². The third-order valence-electron chi connectivity index (χ3n) is 5.19. The molecule has 0 unspecified atom stereocenters. The van der Waals surface area contributed by atoms with Crippen LogP contribution in [0.2, 0.25) is 5.02 Å². The number of carbonyl (C=O) groups excluding carboxylic acids is 1. The second-order valence-corrected chi connectivity index (χ2v) is 7.10. The summed E-state index contributed by atoms with van der Waals surface area (Å²) < 4.78 is 1.72. The van der Waals surface area contributed by atoms with Gasteiger partial charge < -0.3 is 10.2 Å². The predicted octanol–water partition coefficient (Wildman–Crippen LogP) is 2.56. The Bertz CT molecular complexity index is 871. The molecular weight excluding hydrogens is 338 g/mol. The lowest BCUT2D eigenvalue weighted by Crippen LogP contribution is -2.43. The molecule has 2 bridgehead atoms. The van der Waals surface area contributed by atoms with Gasteiger partial charge >= 0.3 is 0 Å². The maximum Gasteiger partial charge on any atom is 0.253 e. The van der Waals surface area contributed by atoms with Crippen LogP contribution in [0.3, 0.4) is 0 Å². The van der Waals surface area contributed by atoms with Crippen molar-refractivity contribution < 1.29 is 4.79 Å². The van der Waals surface area contributed by atoms with Crippen LogP contribution in [-0.4, -0.2) is 38.7 Å². The van der Waals surface area contributed by atoms with Crippen LogP contribution < -0.4 is 5.32 Å². The number of fused-ring (bicyclic) bond motifs is 2. The fourth-order valence-electron chi connectivity index (χ4n) is 3.97. The molecule has 2 aromatic rings. The average Bonchev–Trinajstić information content (AvgIpc) is 3.28. The van der Waals surface area contributed by atoms with Gasteiger partial charge in [-0.1, -0.05) is 17.7 Å². The molecule has 2 saturated heterocycles. The Morgan fingerprint density at radius 1 is 1.40 bits per heavy atom. The summed E-state index contributed by atoms with van der Waals surface area (Å²) in [5, 5.41) is 17.0. The molecule has 2 aliphatic rings. The fourth-order valence-corrected chi connectivity index (χ4v) is 4.24. The van der Waals surface area contributed by atoms with Crippen molar-refractivity contribution in [2.45, 2.75) is 37.4 Å². The lowest BCUT2D eigenvalue weighted by Gasteiger charge is -2.22. The Morgan fingerprint density at radius 3 is 2.88 bits per heavy atom. The van der Waals surface area contributed by atoms with Crippen molar-refractivity contribution in [3.8, 4) is 17.5 Å². The maximum atomic E-state index is 12.6. The Balaban J connectivity index is 1.50. The Hall–Kier alpha value is -2.52. The largest absolute Gasteiger partial charge is 0.347 e. The topological polar surface area (TPSA) is 74.0 Å². The number of benzene rings is 1. The smallest absolute Gasteiger partial charge is 0.253 e. The van der Waals surface area contributed by atoms with Gasteiger partial charge in [0.25, 0.3) is 5.91 Å². The highest BCUT2D eigenvalue weighted by atomic mass is 35.5. The molecule has 2 fully saturated rings. The van der Waals surface area contributed by atoms with Gasteiger partial charge in [-0.2, -0.15) is 10.4 Å². The molecule has 128 valence electrons. The molecule has 2 aliphatic heterocycles. The van der Waals surface area contributed by atoms with Crippen molar-refractivity contribution in [1.29, 1.82) is 5.26 Å². The van der Waals surface area contributed by atoms with Crippen LogP contribution in [0.4, 0.5) is 0 Å². The van der Waals surface area contributed by atoms with E-state index in [-0.39, 0.29) is 24.0 Å². The molecule has 1 N–H and O–H groups in total. The van der Waals surface area contributed by atoms with Gasteiger partial charge in [0.05, 0.1) is 28.4 Å². The van der Waals surface area contributed by atoms with Gasteiger partial charge in [-0.05, 0) is 37.5 Å². The van der Waals surface area contributed by atoms with Crippen molar-refractivity contribution in [3.63, 3.8) is 0 Å². The highest BCUT2D eigenvalue weighted by molar-refractivity contribution is 6.34. The van der Waals surface area contributed by atoms with Crippen LogP contribution in [0.5, 0.6) is 0 Å². The zero-order valence-electron chi connectivity index (χ0n) is 13.8. The van der Waals surface area contributed by atoms with E-state index in [1.807, 2.05) is 30.3 Å². The third-order valence-corrected chi connectivity index (χ3v) is 5.50. The van der Waals surface area contributed by atoms with Crippen LogP contribution in [0.25, 0.3) is 11.3 Å². The van der Waals surface area contributed by atoms with Gasteiger partial charge in [0.15, 0.2) is 6.19 Å². The number of hydrogen-bond acceptors (Lipinski definition) is 4. The summed E-state index contributed by atoms with van der Waals surface area (Å²) in [7, 11) is 1.85.